The molecule has 0 radical (unpaired) electrons. The summed E-state index contributed by atoms with van der Waals surface area (Å²) in [4.78, 5) is 14.8. The lowest BCUT2D eigenvalue weighted by Gasteiger charge is -2.34. The molecule has 1 aromatic heterocycles. The molecule has 1 N–H and O–H groups in total. The van der Waals surface area contributed by atoms with Crippen molar-refractivity contribution in [2.24, 2.45) is 11.8 Å². The third kappa shape index (κ3) is 2.86. The number of thiophene rings is 1. The maximum Gasteiger partial charge on any atom is 0.307 e. The molecule has 1 aliphatic heterocycles. The number of carbonyl (C=O) groups is 1. The highest BCUT2D eigenvalue weighted by Crippen LogP contribution is 2.29. The summed E-state index contributed by atoms with van der Waals surface area (Å²) in [6, 6.07) is 10.6. The van der Waals surface area contributed by atoms with Crippen LogP contribution >= 0.6 is 11.3 Å². The molecule has 1 saturated heterocycles. The number of piperidine rings is 1. The molecule has 0 spiro atoms. The van der Waals surface area contributed by atoms with Crippen LogP contribution in [0.4, 0.5) is 0 Å². The third-order valence-corrected chi connectivity index (χ3v) is 5.04. The molecule has 4 heteroatoms. The number of carboxylic acid groups (broad SMARTS) is 1. The van der Waals surface area contributed by atoms with Gasteiger partial charge >= 0.3 is 5.97 Å². The van der Waals surface area contributed by atoms with Gasteiger partial charge in [0.15, 0.2) is 0 Å². The van der Waals surface area contributed by atoms with Crippen LogP contribution in [0.2, 0.25) is 0 Å². The minimum Gasteiger partial charge on any atom is -0.481 e. The largest absolute Gasteiger partial charge is 0.481 e. The number of aliphatic carboxylic acids is 1. The van der Waals surface area contributed by atoms with Gasteiger partial charge in [0.25, 0.3) is 0 Å². The summed E-state index contributed by atoms with van der Waals surface area (Å²) in [7, 11) is 0. The van der Waals surface area contributed by atoms with Gasteiger partial charge in [-0.2, -0.15) is 0 Å². The Kier molecular flexibility index (Phi) is 3.76. The zero-order valence-corrected chi connectivity index (χ0v) is 12.4. The van der Waals surface area contributed by atoms with Gasteiger partial charge in [-0.15, -0.1) is 11.3 Å². The number of likely N-dealkylation sites (tertiary alicyclic amines) is 1. The van der Waals surface area contributed by atoms with Crippen LogP contribution in [0.25, 0.3) is 10.1 Å². The van der Waals surface area contributed by atoms with Crippen molar-refractivity contribution >= 4 is 27.4 Å². The van der Waals surface area contributed by atoms with E-state index in [9.17, 15) is 9.90 Å². The fourth-order valence-corrected chi connectivity index (χ4v) is 4.21. The van der Waals surface area contributed by atoms with Crippen LogP contribution in [0.5, 0.6) is 0 Å². The van der Waals surface area contributed by atoms with Gasteiger partial charge in [0.05, 0.1) is 5.92 Å². The summed E-state index contributed by atoms with van der Waals surface area (Å²) < 4.78 is 1.31. The molecule has 2 unspecified atom stereocenters. The van der Waals surface area contributed by atoms with Gasteiger partial charge < -0.3 is 5.11 Å². The molecule has 2 aromatic rings. The Balaban J connectivity index is 1.74. The summed E-state index contributed by atoms with van der Waals surface area (Å²) in [5, 5.41) is 10.5. The van der Waals surface area contributed by atoms with E-state index in [1.54, 1.807) is 0 Å². The fourth-order valence-electron chi connectivity index (χ4n) is 3.10. The topological polar surface area (TPSA) is 40.5 Å². The Bertz CT molecular complexity index is 589. The zero-order valence-electron chi connectivity index (χ0n) is 11.6. The first-order chi connectivity index (χ1) is 9.61. The van der Waals surface area contributed by atoms with E-state index in [2.05, 4.69) is 42.2 Å². The van der Waals surface area contributed by atoms with Gasteiger partial charge in [0.1, 0.15) is 0 Å². The van der Waals surface area contributed by atoms with Crippen LogP contribution in [-0.2, 0) is 11.3 Å². The quantitative estimate of drug-likeness (QED) is 0.941. The first-order valence-electron chi connectivity index (χ1n) is 7.04. The van der Waals surface area contributed by atoms with E-state index in [1.165, 1.54) is 15.0 Å². The van der Waals surface area contributed by atoms with Crippen LogP contribution in [0.15, 0.2) is 30.3 Å². The highest BCUT2D eigenvalue weighted by molar-refractivity contribution is 7.19. The molecule has 3 rings (SSSR count). The van der Waals surface area contributed by atoms with Gasteiger partial charge in [-0.1, -0.05) is 25.1 Å². The van der Waals surface area contributed by atoms with Crippen LogP contribution in [0, 0.1) is 11.8 Å². The van der Waals surface area contributed by atoms with Crippen LogP contribution in [0.3, 0.4) is 0 Å². The summed E-state index contributed by atoms with van der Waals surface area (Å²) in [6.07, 6.45) is 0.804. The molecule has 0 aliphatic carbocycles. The van der Waals surface area contributed by atoms with Crippen LogP contribution in [-0.4, -0.2) is 29.1 Å². The second-order valence-corrected chi connectivity index (χ2v) is 6.99. The van der Waals surface area contributed by atoms with Crippen molar-refractivity contribution in [2.75, 3.05) is 13.1 Å². The number of rotatable bonds is 3. The molecule has 0 bridgehead atoms. The summed E-state index contributed by atoms with van der Waals surface area (Å²) >= 11 is 1.81. The second kappa shape index (κ2) is 5.54. The van der Waals surface area contributed by atoms with Crippen molar-refractivity contribution in [1.29, 1.82) is 0 Å². The summed E-state index contributed by atoms with van der Waals surface area (Å²) in [6.45, 7) is 4.69. The maximum absolute atomic E-state index is 11.2. The Morgan fingerprint density at radius 2 is 2.20 bits per heavy atom. The van der Waals surface area contributed by atoms with E-state index in [4.69, 9.17) is 0 Å². The Hall–Kier alpha value is -1.39. The normalized spacial score (nSPS) is 24.1. The minimum absolute atomic E-state index is 0.215. The van der Waals surface area contributed by atoms with Gasteiger partial charge in [-0.05, 0) is 29.9 Å². The van der Waals surface area contributed by atoms with E-state index < -0.39 is 5.97 Å². The van der Waals surface area contributed by atoms with Gasteiger partial charge in [-0.3, -0.25) is 9.69 Å². The molecule has 0 amide bonds. The molecule has 1 aliphatic rings. The van der Waals surface area contributed by atoms with Crippen molar-refractivity contribution in [3.05, 3.63) is 35.2 Å². The fraction of sp³-hybridized carbons (Fsp3) is 0.438. The van der Waals surface area contributed by atoms with Gasteiger partial charge in [0, 0.05) is 29.2 Å². The number of fused-ring (bicyclic) bond motifs is 1. The lowest BCUT2D eigenvalue weighted by molar-refractivity contribution is -0.144. The Morgan fingerprint density at radius 3 is 2.95 bits per heavy atom. The molecular weight excluding hydrogens is 270 g/mol. The van der Waals surface area contributed by atoms with E-state index >= 15 is 0 Å². The Morgan fingerprint density at radius 1 is 1.40 bits per heavy atom. The van der Waals surface area contributed by atoms with Crippen molar-refractivity contribution in [2.45, 2.75) is 19.9 Å². The predicted octanol–water partition coefficient (Wildman–Crippen LogP) is 3.44. The SMILES string of the molecule is CC1CC(C(=O)O)CN(Cc2cc3ccccc3s2)C1. The molecule has 106 valence electrons. The number of benzene rings is 1. The molecule has 2 heterocycles. The van der Waals surface area contributed by atoms with Crippen molar-refractivity contribution in [3.63, 3.8) is 0 Å². The average Bonchev–Trinajstić information content (AvgIpc) is 2.79. The van der Waals surface area contributed by atoms with E-state index in [1.807, 2.05) is 11.3 Å². The van der Waals surface area contributed by atoms with Crippen molar-refractivity contribution in [1.82, 2.24) is 4.90 Å². The smallest absolute Gasteiger partial charge is 0.307 e. The standard InChI is InChI=1S/C16H19NO2S/c1-11-6-13(16(18)19)9-17(8-11)10-14-7-12-4-2-3-5-15(12)20-14/h2-5,7,11,13H,6,8-10H2,1H3,(H,18,19). The Labute approximate surface area is 122 Å². The van der Waals surface area contributed by atoms with Crippen molar-refractivity contribution in [3.8, 4) is 0 Å². The van der Waals surface area contributed by atoms with E-state index in [-0.39, 0.29) is 5.92 Å². The summed E-state index contributed by atoms with van der Waals surface area (Å²) in [5.41, 5.74) is 0. The first kappa shape index (κ1) is 13.6. The van der Waals surface area contributed by atoms with Gasteiger partial charge in [0.2, 0.25) is 0 Å². The highest BCUT2D eigenvalue weighted by atomic mass is 32.1. The summed E-state index contributed by atoms with van der Waals surface area (Å²) in [5.74, 6) is -0.412. The molecule has 3 nitrogen and oxygen atoms in total. The highest BCUT2D eigenvalue weighted by Gasteiger charge is 2.29. The lowest BCUT2D eigenvalue weighted by atomic mass is 9.90. The minimum atomic E-state index is -0.655. The first-order valence-corrected chi connectivity index (χ1v) is 7.86. The average molecular weight is 289 g/mol. The molecule has 1 fully saturated rings. The van der Waals surface area contributed by atoms with E-state index in [0.717, 1.165) is 19.5 Å². The van der Waals surface area contributed by atoms with E-state index in [0.29, 0.717) is 12.5 Å². The maximum atomic E-state index is 11.2. The van der Waals surface area contributed by atoms with Crippen LogP contribution < -0.4 is 0 Å². The van der Waals surface area contributed by atoms with Crippen molar-refractivity contribution < 1.29 is 9.90 Å². The molecule has 2 atom stereocenters. The predicted molar refractivity (Wildman–Crippen MR) is 82.0 cm³/mol. The molecule has 0 saturated carbocycles. The second-order valence-electron chi connectivity index (χ2n) is 5.82. The number of hydrogen-bond donors (Lipinski definition) is 1. The number of nitrogens with zero attached hydrogens (tertiary/aromatic N) is 1. The third-order valence-electron chi connectivity index (χ3n) is 3.94. The zero-order chi connectivity index (χ0) is 14.1. The lowest BCUT2D eigenvalue weighted by Crippen LogP contribution is -2.41. The molecular formula is C16H19NO2S. The van der Waals surface area contributed by atoms with Gasteiger partial charge in [-0.25, -0.2) is 0 Å². The molecule has 1 aromatic carbocycles. The van der Waals surface area contributed by atoms with Crippen LogP contribution in [0.1, 0.15) is 18.2 Å². The monoisotopic (exact) mass is 289 g/mol. The molecule has 20 heavy (non-hydrogen) atoms. The number of hydrogen-bond acceptors (Lipinski definition) is 3. The number of carboxylic acids is 1.